The molecule has 4 aromatic rings. The number of thiophene rings is 1. The lowest BCUT2D eigenvalue weighted by Gasteiger charge is -2.14. The van der Waals surface area contributed by atoms with Crippen LogP contribution in [0.4, 0.5) is 15.3 Å². The molecule has 4 aromatic heterocycles. The van der Waals surface area contributed by atoms with Crippen molar-refractivity contribution in [2.24, 2.45) is 7.05 Å². The minimum atomic E-state index is -0.609. The molecule has 1 aliphatic rings. The number of alkyl halides is 1. The number of aromatic nitrogens is 5. The van der Waals surface area contributed by atoms with Crippen molar-refractivity contribution in [1.82, 2.24) is 29.6 Å². The minimum Gasteiger partial charge on any atom is -0.470 e. The zero-order chi connectivity index (χ0) is 22.8. The molecule has 2 N–H and O–H groups in total. The van der Waals surface area contributed by atoms with Crippen molar-refractivity contribution in [3.63, 3.8) is 0 Å². The van der Waals surface area contributed by atoms with Gasteiger partial charge in [-0.05, 0) is 12.1 Å². The number of nitrogens with zero attached hydrogens (tertiary/aromatic N) is 5. The van der Waals surface area contributed by atoms with Gasteiger partial charge in [0.1, 0.15) is 18.3 Å². The minimum absolute atomic E-state index is 0.0171. The van der Waals surface area contributed by atoms with Gasteiger partial charge in [-0.2, -0.15) is 10.1 Å². The van der Waals surface area contributed by atoms with Gasteiger partial charge in [-0.25, -0.2) is 9.37 Å². The summed E-state index contributed by atoms with van der Waals surface area (Å²) in [6.45, 7) is 0.527. The summed E-state index contributed by atoms with van der Waals surface area (Å²) < 4.78 is 27.7. The van der Waals surface area contributed by atoms with Gasteiger partial charge in [0, 0.05) is 37.8 Å². The predicted molar refractivity (Wildman–Crippen MR) is 121 cm³/mol. The van der Waals surface area contributed by atoms with E-state index in [-0.39, 0.29) is 18.6 Å². The first-order chi connectivity index (χ1) is 16.1. The Labute approximate surface area is 192 Å². The van der Waals surface area contributed by atoms with Gasteiger partial charge in [0.2, 0.25) is 11.8 Å². The molecule has 0 aliphatic carbocycles. The first kappa shape index (κ1) is 21.3. The van der Waals surface area contributed by atoms with E-state index in [1.165, 1.54) is 11.3 Å². The molecular formula is C21H22FN7O3S. The Morgan fingerprint density at radius 1 is 1.42 bits per heavy atom. The highest BCUT2D eigenvalue weighted by molar-refractivity contribution is 7.14. The van der Waals surface area contributed by atoms with Crippen molar-refractivity contribution < 1.29 is 18.7 Å². The number of fused-ring (bicyclic) bond motifs is 1. The summed E-state index contributed by atoms with van der Waals surface area (Å²) in [7, 11) is 1.86. The summed E-state index contributed by atoms with van der Waals surface area (Å²) in [6.07, 6.45) is 6.24. The van der Waals surface area contributed by atoms with Crippen molar-refractivity contribution in [3.05, 3.63) is 41.7 Å². The highest BCUT2D eigenvalue weighted by atomic mass is 32.1. The van der Waals surface area contributed by atoms with E-state index in [0.717, 1.165) is 17.6 Å². The van der Waals surface area contributed by atoms with Crippen molar-refractivity contribution in [3.8, 4) is 11.6 Å². The largest absolute Gasteiger partial charge is 0.470 e. The normalized spacial score (nSPS) is 15.8. The molecule has 0 spiro atoms. The zero-order valence-corrected chi connectivity index (χ0v) is 18.6. The monoisotopic (exact) mass is 471 g/mol. The number of ether oxygens (including phenoxy) is 2. The second-order valence-corrected chi connectivity index (χ2v) is 8.43. The van der Waals surface area contributed by atoms with Gasteiger partial charge in [-0.1, -0.05) is 0 Å². The predicted octanol–water partition coefficient (Wildman–Crippen LogP) is 2.83. The standard InChI is InChI=1S/C21H22FN7O3S/c1-28-10-14(9-24-28)29-6-2-16-18(29)20(32-15-3-7-31-11-15)27-21(25-16)26-17-8-13(12-33-17)19(30)23-5-4-22/h2,6,8-10,12,15H,3-5,7,11H2,1H3,(H,23,30)(H,25,26,27)/t15-/m1/s1. The lowest BCUT2D eigenvalue weighted by molar-refractivity contribution is 0.0951. The molecule has 10 nitrogen and oxygen atoms in total. The second-order valence-electron chi connectivity index (χ2n) is 7.52. The first-order valence-corrected chi connectivity index (χ1v) is 11.3. The van der Waals surface area contributed by atoms with Crippen molar-refractivity contribution >= 4 is 39.2 Å². The number of carbonyl (C=O) groups excluding carboxylic acids is 1. The van der Waals surface area contributed by atoms with E-state index in [1.54, 1.807) is 22.3 Å². The van der Waals surface area contributed by atoms with E-state index in [4.69, 9.17) is 9.47 Å². The molecule has 1 amide bonds. The molecule has 12 heteroatoms. The van der Waals surface area contributed by atoms with Crippen LogP contribution in [0.1, 0.15) is 16.8 Å². The van der Waals surface area contributed by atoms with Crippen molar-refractivity contribution in [1.29, 1.82) is 0 Å². The van der Waals surface area contributed by atoms with E-state index < -0.39 is 6.67 Å². The third-order valence-corrected chi connectivity index (χ3v) is 5.96. The van der Waals surface area contributed by atoms with E-state index >= 15 is 0 Å². The first-order valence-electron chi connectivity index (χ1n) is 10.4. The van der Waals surface area contributed by atoms with Crippen LogP contribution in [0, 0.1) is 0 Å². The average Bonchev–Trinajstić information content (AvgIpc) is 3.59. The number of amides is 1. The van der Waals surface area contributed by atoms with Gasteiger partial charge in [-0.15, -0.1) is 11.3 Å². The number of halogens is 1. The van der Waals surface area contributed by atoms with Gasteiger partial charge in [0.05, 0.1) is 41.2 Å². The third kappa shape index (κ3) is 4.52. The maximum absolute atomic E-state index is 12.3. The molecule has 172 valence electrons. The van der Waals surface area contributed by atoms with E-state index in [2.05, 4.69) is 25.7 Å². The fraction of sp³-hybridized carbons (Fsp3) is 0.333. The number of rotatable bonds is 8. The number of nitrogens with one attached hydrogen (secondary N) is 2. The average molecular weight is 472 g/mol. The van der Waals surface area contributed by atoms with E-state index in [1.807, 2.05) is 30.1 Å². The third-order valence-electron chi connectivity index (χ3n) is 5.11. The Bertz CT molecular complexity index is 1280. The highest BCUT2D eigenvalue weighted by Gasteiger charge is 2.22. The van der Waals surface area contributed by atoms with Crippen LogP contribution in [0.5, 0.6) is 5.88 Å². The molecule has 1 atom stereocenters. The van der Waals surface area contributed by atoms with Crippen LogP contribution >= 0.6 is 11.3 Å². The van der Waals surface area contributed by atoms with Crippen molar-refractivity contribution in [2.45, 2.75) is 12.5 Å². The van der Waals surface area contributed by atoms with E-state index in [9.17, 15) is 9.18 Å². The topological polar surface area (TPSA) is 108 Å². The molecule has 1 saturated heterocycles. The molecule has 33 heavy (non-hydrogen) atoms. The summed E-state index contributed by atoms with van der Waals surface area (Å²) >= 11 is 1.33. The molecule has 5 heterocycles. The number of hydrogen-bond acceptors (Lipinski definition) is 8. The Balaban J connectivity index is 1.47. The summed E-state index contributed by atoms with van der Waals surface area (Å²) in [5.41, 5.74) is 2.74. The zero-order valence-electron chi connectivity index (χ0n) is 17.8. The Hall–Kier alpha value is -3.51. The molecule has 0 aromatic carbocycles. The maximum atomic E-state index is 12.3. The second kappa shape index (κ2) is 9.16. The van der Waals surface area contributed by atoms with Crippen molar-refractivity contribution in [2.75, 3.05) is 31.7 Å². The quantitative estimate of drug-likeness (QED) is 0.407. The fourth-order valence-electron chi connectivity index (χ4n) is 3.56. The SMILES string of the molecule is Cn1cc(-n2ccc3nc(Nc4cc(C(=O)NCCF)cs4)nc(O[C@@H]4CCOC4)c32)cn1. The Morgan fingerprint density at radius 2 is 2.33 bits per heavy atom. The smallest absolute Gasteiger partial charge is 0.252 e. The molecule has 5 rings (SSSR count). The van der Waals surface area contributed by atoms with E-state index in [0.29, 0.717) is 41.1 Å². The molecule has 0 radical (unpaired) electrons. The molecule has 0 unspecified atom stereocenters. The van der Waals surface area contributed by atoms with Gasteiger partial charge < -0.3 is 24.7 Å². The summed E-state index contributed by atoms with van der Waals surface area (Å²) in [6, 6.07) is 3.56. The van der Waals surface area contributed by atoms with Gasteiger partial charge in [0.15, 0.2) is 0 Å². The van der Waals surface area contributed by atoms with Gasteiger partial charge in [0.25, 0.3) is 5.91 Å². The summed E-state index contributed by atoms with van der Waals surface area (Å²) in [5.74, 6) is 0.453. The van der Waals surface area contributed by atoms with Crippen LogP contribution in [0.15, 0.2) is 36.1 Å². The van der Waals surface area contributed by atoms with Crippen LogP contribution in [-0.2, 0) is 11.8 Å². The van der Waals surface area contributed by atoms with Gasteiger partial charge in [-0.3, -0.25) is 9.48 Å². The van der Waals surface area contributed by atoms with Crippen LogP contribution in [0.25, 0.3) is 16.7 Å². The molecule has 0 saturated carbocycles. The number of hydrogen-bond donors (Lipinski definition) is 2. The van der Waals surface area contributed by atoms with Gasteiger partial charge >= 0.3 is 0 Å². The van der Waals surface area contributed by atoms with Crippen LogP contribution in [0.3, 0.4) is 0 Å². The Kier molecular flexibility index (Phi) is 5.92. The van der Waals surface area contributed by atoms with Crippen LogP contribution in [-0.4, -0.2) is 62.8 Å². The lowest BCUT2D eigenvalue weighted by atomic mass is 10.3. The summed E-state index contributed by atoms with van der Waals surface area (Å²) in [5, 5.41) is 12.3. The molecule has 1 aliphatic heterocycles. The van der Waals surface area contributed by atoms with Crippen LogP contribution in [0.2, 0.25) is 0 Å². The summed E-state index contributed by atoms with van der Waals surface area (Å²) in [4.78, 5) is 21.3. The number of anilines is 2. The number of aryl methyl sites for hydroxylation is 1. The maximum Gasteiger partial charge on any atom is 0.252 e. The molecule has 0 bridgehead atoms. The van der Waals surface area contributed by atoms with Crippen LogP contribution < -0.4 is 15.4 Å². The Morgan fingerprint density at radius 3 is 3.09 bits per heavy atom. The highest BCUT2D eigenvalue weighted by Crippen LogP contribution is 2.31. The fourth-order valence-corrected chi connectivity index (χ4v) is 4.33. The molecular weight excluding hydrogens is 449 g/mol. The molecule has 1 fully saturated rings. The lowest BCUT2D eigenvalue weighted by Crippen LogP contribution is -2.24. The number of carbonyl (C=O) groups is 1.